The molecular weight excluding hydrogens is 235 g/mol. The molecule has 1 aromatic heterocycles. The predicted molar refractivity (Wildman–Crippen MR) is 62.6 cm³/mol. The molecule has 0 aliphatic carbocycles. The number of halogens is 1. The molecule has 0 bridgehead atoms. The van der Waals surface area contributed by atoms with Gasteiger partial charge in [-0.2, -0.15) is 0 Å². The van der Waals surface area contributed by atoms with E-state index < -0.39 is 6.10 Å². The number of aliphatic hydroxyl groups is 1. The number of aromatic nitrogens is 2. The van der Waals surface area contributed by atoms with E-state index in [1.54, 1.807) is 18.6 Å². The molecule has 1 aliphatic rings. The van der Waals surface area contributed by atoms with Crippen LogP contribution in [-0.2, 0) is 7.05 Å². The Kier molecular flexibility index (Phi) is 2.56. The van der Waals surface area contributed by atoms with Crippen LogP contribution in [0.5, 0.6) is 5.75 Å². The Morgan fingerprint density at radius 3 is 3.06 bits per heavy atom. The number of aliphatic hydroxyl groups excluding tert-OH is 1. The summed E-state index contributed by atoms with van der Waals surface area (Å²) in [6, 6.07) is 4.20. The van der Waals surface area contributed by atoms with Crippen molar-refractivity contribution >= 4 is 0 Å². The molecule has 2 heterocycles. The van der Waals surface area contributed by atoms with E-state index in [4.69, 9.17) is 4.74 Å². The number of fused-ring (bicyclic) bond motifs is 1. The van der Waals surface area contributed by atoms with Gasteiger partial charge in [0, 0.05) is 19.0 Å². The molecule has 0 fully saturated rings. The Hall–Kier alpha value is -1.88. The van der Waals surface area contributed by atoms with Crippen LogP contribution < -0.4 is 4.74 Å². The van der Waals surface area contributed by atoms with Gasteiger partial charge in [-0.25, -0.2) is 9.37 Å². The minimum Gasteiger partial charge on any atom is -0.484 e. The molecule has 1 unspecified atom stereocenters. The fourth-order valence-corrected chi connectivity index (χ4v) is 2.28. The van der Waals surface area contributed by atoms with Gasteiger partial charge in [0.25, 0.3) is 0 Å². The summed E-state index contributed by atoms with van der Waals surface area (Å²) < 4.78 is 20.8. The van der Waals surface area contributed by atoms with Gasteiger partial charge in [0.1, 0.15) is 17.7 Å². The molecule has 1 aliphatic heterocycles. The number of nitrogens with zero attached hydrogens (tertiary/aromatic N) is 2. The van der Waals surface area contributed by atoms with Crippen LogP contribution in [0.4, 0.5) is 4.39 Å². The molecule has 4 nitrogen and oxygen atoms in total. The highest BCUT2D eigenvalue weighted by Gasteiger charge is 2.29. The molecular formula is C13H13FN2O2. The minimum atomic E-state index is -0.718. The predicted octanol–water partition coefficient (Wildman–Crippen LogP) is 2.12. The maximum atomic E-state index is 13.1. The Morgan fingerprint density at radius 2 is 2.33 bits per heavy atom. The fraction of sp³-hybridized carbons (Fsp3) is 0.308. The van der Waals surface area contributed by atoms with Crippen LogP contribution in [-0.4, -0.2) is 14.7 Å². The standard InChI is InChI=1S/C13H13FN2O2/c1-16-7-15-6-10(16)13-5-11(17)9-4-8(14)2-3-12(9)18-13/h2-4,6-7,11,13,17H,5H2,1H3/t11-,13?/m0/s1. The highest BCUT2D eigenvalue weighted by Crippen LogP contribution is 2.40. The summed E-state index contributed by atoms with van der Waals surface area (Å²) in [5.74, 6) is 0.164. The molecule has 2 atom stereocenters. The van der Waals surface area contributed by atoms with E-state index in [1.807, 2.05) is 11.6 Å². The Labute approximate surface area is 104 Å². The van der Waals surface area contributed by atoms with Gasteiger partial charge in [0.05, 0.1) is 24.3 Å². The summed E-state index contributed by atoms with van der Waals surface area (Å²) in [4.78, 5) is 4.03. The summed E-state index contributed by atoms with van der Waals surface area (Å²) >= 11 is 0. The summed E-state index contributed by atoms with van der Waals surface area (Å²) in [7, 11) is 1.87. The Morgan fingerprint density at radius 1 is 1.50 bits per heavy atom. The van der Waals surface area contributed by atoms with E-state index in [0.29, 0.717) is 17.7 Å². The molecule has 0 saturated heterocycles. The van der Waals surface area contributed by atoms with Crippen LogP contribution >= 0.6 is 0 Å². The summed E-state index contributed by atoms with van der Waals surface area (Å²) in [5.41, 5.74) is 1.40. The van der Waals surface area contributed by atoms with Crippen molar-refractivity contribution in [2.24, 2.45) is 7.05 Å². The smallest absolute Gasteiger partial charge is 0.143 e. The third-order valence-corrected chi connectivity index (χ3v) is 3.22. The second-order valence-electron chi connectivity index (χ2n) is 4.47. The molecule has 2 aromatic rings. The van der Waals surface area contributed by atoms with Crippen LogP contribution in [0.2, 0.25) is 0 Å². The first kappa shape index (κ1) is 11.2. The Balaban J connectivity index is 1.97. The van der Waals surface area contributed by atoms with Crippen LogP contribution in [0.15, 0.2) is 30.7 Å². The first-order valence-electron chi connectivity index (χ1n) is 5.75. The van der Waals surface area contributed by atoms with Crippen molar-refractivity contribution in [1.82, 2.24) is 9.55 Å². The topological polar surface area (TPSA) is 47.3 Å². The largest absolute Gasteiger partial charge is 0.484 e. The van der Waals surface area contributed by atoms with Crippen molar-refractivity contribution in [2.45, 2.75) is 18.6 Å². The number of hydrogen-bond acceptors (Lipinski definition) is 3. The minimum absolute atomic E-state index is 0.259. The molecule has 0 saturated carbocycles. The van der Waals surface area contributed by atoms with E-state index >= 15 is 0 Å². The van der Waals surface area contributed by atoms with Crippen molar-refractivity contribution in [3.05, 3.63) is 47.8 Å². The zero-order valence-electron chi connectivity index (χ0n) is 9.88. The number of imidazole rings is 1. The lowest BCUT2D eigenvalue weighted by molar-refractivity contribution is 0.0619. The first-order valence-corrected chi connectivity index (χ1v) is 5.75. The average molecular weight is 248 g/mol. The zero-order valence-corrected chi connectivity index (χ0v) is 9.88. The molecule has 1 aromatic carbocycles. The summed E-state index contributed by atoms with van der Waals surface area (Å²) in [5, 5.41) is 10.1. The first-order chi connectivity index (χ1) is 8.65. The van der Waals surface area contributed by atoms with Gasteiger partial charge in [0.15, 0.2) is 0 Å². The van der Waals surface area contributed by atoms with E-state index in [2.05, 4.69) is 4.98 Å². The lowest BCUT2D eigenvalue weighted by atomic mass is 9.97. The summed E-state index contributed by atoms with van der Waals surface area (Å²) in [6.45, 7) is 0. The van der Waals surface area contributed by atoms with Gasteiger partial charge in [-0.05, 0) is 18.2 Å². The average Bonchev–Trinajstić information content (AvgIpc) is 2.76. The molecule has 3 rings (SSSR count). The molecule has 1 N–H and O–H groups in total. The van der Waals surface area contributed by atoms with Crippen molar-refractivity contribution in [2.75, 3.05) is 0 Å². The maximum Gasteiger partial charge on any atom is 0.143 e. The van der Waals surface area contributed by atoms with Gasteiger partial charge in [-0.3, -0.25) is 0 Å². The quantitative estimate of drug-likeness (QED) is 0.840. The number of ether oxygens (including phenoxy) is 1. The van der Waals surface area contributed by atoms with Crippen molar-refractivity contribution in [3.8, 4) is 5.75 Å². The third-order valence-electron chi connectivity index (χ3n) is 3.22. The zero-order chi connectivity index (χ0) is 12.7. The van der Waals surface area contributed by atoms with E-state index in [9.17, 15) is 9.50 Å². The van der Waals surface area contributed by atoms with Gasteiger partial charge in [0.2, 0.25) is 0 Å². The van der Waals surface area contributed by atoms with Gasteiger partial charge < -0.3 is 14.4 Å². The number of aryl methyl sites for hydroxylation is 1. The van der Waals surface area contributed by atoms with Crippen LogP contribution in [0, 0.1) is 5.82 Å². The number of hydrogen-bond donors (Lipinski definition) is 1. The lowest BCUT2D eigenvalue weighted by Gasteiger charge is -2.29. The van der Waals surface area contributed by atoms with Crippen LogP contribution in [0.3, 0.4) is 0 Å². The van der Waals surface area contributed by atoms with Crippen molar-refractivity contribution in [3.63, 3.8) is 0 Å². The van der Waals surface area contributed by atoms with Gasteiger partial charge in [-0.15, -0.1) is 0 Å². The van der Waals surface area contributed by atoms with E-state index in [1.165, 1.54) is 12.1 Å². The second-order valence-corrected chi connectivity index (χ2v) is 4.47. The molecule has 18 heavy (non-hydrogen) atoms. The van der Waals surface area contributed by atoms with Crippen LogP contribution in [0.1, 0.15) is 29.9 Å². The lowest BCUT2D eigenvalue weighted by Crippen LogP contribution is -2.20. The van der Waals surface area contributed by atoms with Crippen molar-refractivity contribution < 1.29 is 14.2 Å². The third kappa shape index (κ3) is 1.76. The highest BCUT2D eigenvalue weighted by atomic mass is 19.1. The molecule has 0 amide bonds. The number of benzene rings is 1. The SMILES string of the molecule is Cn1cncc1C1C[C@H](O)c2cc(F)ccc2O1. The molecule has 0 spiro atoms. The van der Waals surface area contributed by atoms with Crippen molar-refractivity contribution in [1.29, 1.82) is 0 Å². The van der Waals surface area contributed by atoms with Gasteiger partial charge >= 0.3 is 0 Å². The van der Waals surface area contributed by atoms with Gasteiger partial charge in [-0.1, -0.05) is 0 Å². The summed E-state index contributed by atoms with van der Waals surface area (Å²) in [6.07, 6.45) is 2.82. The van der Waals surface area contributed by atoms with Crippen LogP contribution in [0.25, 0.3) is 0 Å². The Bertz CT molecular complexity index is 582. The van der Waals surface area contributed by atoms with E-state index in [0.717, 1.165) is 5.69 Å². The second kappa shape index (κ2) is 4.10. The monoisotopic (exact) mass is 248 g/mol. The fourth-order valence-electron chi connectivity index (χ4n) is 2.28. The normalized spacial score (nSPS) is 22.4. The van der Waals surface area contributed by atoms with E-state index in [-0.39, 0.29) is 11.9 Å². The molecule has 94 valence electrons. The number of rotatable bonds is 1. The molecule has 5 heteroatoms. The molecule has 0 radical (unpaired) electrons. The maximum absolute atomic E-state index is 13.1. The highest BCUT2D eigenvalue weighted by molar-refractivity contribution is 5.38.